The fraction of sp³-hybridized carbons (Fsp3) is 0.160. The van der Waals surface area contributed by atoms with E-state index in [4.69, 9.17) is 4.74 Å². The van der Waals surface area contributed by atoms with E-state index in [0.29, 0.717) is 11.1 Å². The molecule has 0 radical (unpaired) electrons. The van der Waals surface area contributed by atoms with Gasteiger partial charge in [0.05, 0.1) is 23.0 Å². The number of fused-ring (bicyclic) bond motifs is 1. The third kappa shape index (κ3) is 4.20. The molecule has 0 atom stereocenters. The molecule has 0 spiro atoms. The minimum Gasteiger partial charge on any atom is -0.464 e. The van der Waals surface area contributed by atoms with Gasteiger partial charge in [-0.15, -0.1) is 11.3 Å². The molecule has 4 rings (SSSR count). The van der Waals surface area contributed by atoms with Gasteiger partial charge < -0.3 is 10.1 Å². The Morgan fingerprint density at radius 3 is 2.48 bits per heavy atom. The highest BCUT2D eigenvalue weighted by Crippen LogP contribution is 2.35. The summed E-state index contributed by atoms with van der Waals surface area (Å²) >= 11 is 1.21. The zero-order valence-electron chi connectivity index (χ0n) is 17.5. The van der Waals surface area contributed by atoms with Gasteiger partial charge in [0.1, 0.15) is 0 Å². The second-order valence-electron chi connectivity index (χ2n) is 7.44. The van der Waals surface area contributed by atoms with Crippen LogP contribution in [0.2, 0.25) is 0 Å². The fourth-order valence-electron chi connectivity index (χ4n) is 3.48. The highest BCUT2D eigenvalue weighted by molar-refractivity contribution is 7.20. The lowest BCUT2D eigenvalue weighted by molar-refractivity contribution is 0.0600. The molecule has 6 heteroatoms. The van der Waals surface area contributed by atoms with Crippen molar-refractivity contribution in [3.63, 3.8) is 0 Å². The maximum atomic E-state index is 13.2. The Morgan fingerprint density at radius 2 is 1.77 bits per heavy atom. The van der Waals surface area contributed by atoms with Crippen LogP contribution in [-0.2, 0) is 4.74 Å². The molecule has 0 saturated heterocycles. The molecule has 0 unspecified atom stereocenters. The Hall–Kier alpha value is -3.51. The zero-order chi connectivity index (χ0) is 22.0. The number of rotatable bonds is 5. The summed E-state index contributed by atoms with van der Waals surface area (Å²) in [4.78, 5) is 29.2. The standard InChI is InChI=1S/C25H22N2O3S/c1-15(2)18-10-7-11-19(16-8-5-4-6-9-16)22(18)27-23(28)17-12-13-20-21(14-17)31-24(26-20)25(29)30-3/h4-15H,1-3H3,(H,27,28). The van der Waals surface area contributed by atoms with Gasteiger partial charge >= 0.3 is 5.97 Å². The largest absolute Gasteiger partial charge is 0.464 e. The average molecular weight is 431 g/mol. The van der Waals surface area contributed by atoms with E-state index in [-0.39, 0.29) is 16.8 Å². The van der Waals surface area contributed by atoms with Crippen LogP contribution in [0.1, 0.15) is 45.5 Å². The average Bonchev–Trinajstić information content (AvgIpc) is 3.22. The van der Waals surface area contributed by atoms with E-state index in [9.17, 15) is 9.59 Å². The quantitative estimate of drug-likeness (QED) is 0.387. The van der Waals surface area contributed by atoms with E-state index in [1.54, 1.807) is 18.2 Å². The zero-order valence-corrected chi connectivity index (χ0v) is 18.3. The molecule has 5 nitrogen and oxygen atoms in total. The summed E-state index contributed by atoms with van der Waals surface area (Å²) in [7, 11) is 1.32. The lowest BCUT2D eigenvalue weighted by Gasteiger charge is -2.18. The van der Waals surface area contributed by atoms with Crippen LogP contribution in [0, 0.1) is 0 Å². The van der Waals surface area contributed by atoms with E-state index in [1.807, 2.05) is 48.5 Å². The highest BCUT2D eigenvalue weighted by atomic mass is 32.1. The minimum atomic E-state index is -0.481. The highest BCUT2D eigenvalue weighted by Gasteiger charge is 2.18. The number of nitrogens with one attached hydrogen (secondary N) is 1. The maximum Gasteiger partial charge on any atom is 0.367 e. The van der Waals surface area contributed by atoms with E-state index >= 15 is 0 Å². The number of aromatic nitrogens is 1. The molecule has 3 aromatic carbocycles. The molecule has 1 heterocycles. The molecular formula is C25H22N2O3S. The molecular weight excluding hydrogens is 408 g/mol. The Kier molecular flexibility index (Phi) is 5.82. The third-order valence-corrected chi connectivity index (χ3v) is 6.05. The van der Waals surface area contributed by atoms with Gasteiger partial charge in [-0.25, -0.2) is 9.78 Å². The number of benzene rings is 3. The molecule has 0 aliphatic heterocycles. The number of para-hydroxylation sites is 1. The lowest BCUT2D eigenvalue weighted by Crippen LogP contribution is -2.14. The van der Waals surface area contributed by atoms with Crippen molar-refractivity contribution in [1.29, 1.82) is 0 Å². The van der Waals surface area contributed by atoms with Gasteiger partial charge in [-0.3, -0.25) is 4.79 Å². The Labute approximate surface area is 184 Å². The summed E-state index contributed by atoms with van der Waals surface area (Å²) in [5.74, 6) is -0.448. The first-order valence-corrected chi connectivity index (χ1v) is 10.8. The number of esters is 1. The first-order valence-electron chi connectivity index (χ1n) is 9.96. The maximum absolute atomic E-state index is 13.2. The predicted molar refractivity (Wildman–Crippen MR) is 125 cm³/mol. The molecule has 0 fully saturated rings. The molecule has 1 amide bonds. The van der Waals surface area contributed by atoms with Crippen molar-refractivity contribution in [2.24, 2.45) is 0 Å². The molecule has 1 aromatic heterocycles. The van der Waals surface area contributed by atoms with Crippen LogP contribution in [0.15, 0.2) is 66.7 Å². The van der Waals surface area contributed by atoms with Crippen molar-refractivity contribution >= 4 is 39.1 Å². The van der Waals surface area contributed by atoms with Crippen molar-refractivity contribution in [1.82, 2.24) is 4.98 Å². The summed E-state index contributed by atoms with van der Waals surface area (Å²) in [5.41, 5.74) is 5.07. The number of ether oxygens (including phenoxy) is 1. The Bertz CT molecular complexity index is 1260. The first kappa shape index (κ1) is 20.8. The van der Waals surface area contributed by atoms with Crippen molar-refractivity contribution in [3.8, 4) is 11.1 Å². The number of nitrogens with zero attached hydrogens (tertiary/aromatic N) is 1. The van der Waals surface area contributed by atoms with Crippen molar-refractivity contribution in [3.05, 3.63) is 82.9 Å². The van der Waals surface area contributed by atoms with Crippen LogP contribution in [0.5, 0.6) is 0 Å². The van der Waals surface area contributed by atoms with Crippen LogP contribution in [-0.4, -0.2) is 24.0 Å². The van der Waals surface area contributed by atoms with Crippen molar-refractivity contribution in [2.45, 2.75) is 19.8 Å². The summed E-state index contributed by atoms with van der Waals surface area (Å²) < 4.78 is 5.50. The van der Waals surface area contributed by atoms with E-state index in [0.717, 1.165) is 27.1 Å². The SMILES string of the molecule is COC(=O)c1nc2ccc(C(=O)Nc3c(-c4ccccc4)cccc3C(C)C)cc2s1. The number of carbonyl (C=O) groups is 2. The Morgan fingerprint density at radius 1 is 1.00 bits per heavy atom. The number of carbonyl (C=O) groups excluding carboxylic acids is 2. The predicted octanol–water partition coefficient (Wildman–Crippen LogP) is 6.13. The molecule has 0 saturated carbocycles. The van der Waals surface area contributed by atoms with Crippen LogP contribution in [0.4, 0.5) is 5.69 Å². The topological polar surface area (TPSA) is 68.3 Å². The van der Waals surface area contributed by atoms with E-state index < -0.39 is 5.97 Å². The number of thiazole rings is 1. The number of anilines is 1. The van der Waals surface area contributed by atoms with Gasteiger partial charge in [0.15, 0.2) is 0 Å². The number of hydrogen-bond donors (Lipinski definition) is 1. The molecule has 156 valence electrons. The second kappa shape index (κ2) is 8.70. The summed E-state index contributed by atoms with van der Waals surface area (Å²) in [6.07, 6.45) is 0. The van der Waals surface area contributed by atoms with Gasteiger partial charge in [-0.1, -0.05) is 62.4 Å². The van der Waals surface area contributed by atoms with Gasteiger partial charge in [-0.2, -0.15) is 0 Å². The normalized spacial score (nSPS) is 11.0. The molecule has 0 aliphatic carbocycles. The van der Waals surface area contributed by atoms with Crippen LogP contribution in [0.25, 0.3) is 21.3 Å². The second-order valence-corrected chi connectivity index (χ2v) is 8.47. The van der Waals surface area contributed by atoms with Crippen molar-refractivity contribution in [2.75, 3.05) is 12.4 Å². The first-order chi connectivity index (χ1) is 15.0. The van der Waals surface area contributed by atoms with Gasteiger partial charge in [0.25, 0.3) is 5.91 Å². The molecule has 0 bridgehead atoms. The fourth-order valence-corrected chi connectivity index (χ4v) is 4.40. The van der Waals surface area contributed by atoms with E-state index in [1.165, 1.54) is 18.4 Å². The van der Waals surface area contributed by atoms with Gasteiger partial charge in [0.2, 0.25) is 5.01 Å². The monoisotopic (exact) mass is 430 g/mol. The van der Waals surface area contributed by atoms with Gasteiger partial charge in [0, 0.05) is 11.1 Å². The summed E-state index contributed by atoms with van der Waals surface area (Å²) in [6, 6.07) is 21.3. The summed E-state index contributed by atoms with van der Waals surface area (Å²) in [5, 5.41) is 3.40. The number of methoxy groups -OCH3 is 1. The summed E-state index contributed by atoms with van der Waals surface area (Å²) in [6.45, 7) is 4.22. The molecule has 0 aliphatic rings. The number of amides is 1. The number of hydrogen-bond acceptors (Lipinski definition) is 5. The van der Waals surface area contributed by atoms with Crippen LogP contribution < -0.4 is 5.32 Å². The molecule has 1 N–H and O–H groups in total. The van der Waals surface area contributed by atoms with Crippen molar-refractivity contribution < 1.29 is 14.3 Å². The van der Waals surface area contributed by atoms with Crippen LogP contribution >= 0.6 is 11.3 Å². The third-order valence-electron chi connectivity index (χ3n) is 5.05. The van der Waals surface area contributed by atoms with E-state index in [2.05, 4.69) is 24.1 Å². The smallest absolute Gasteiger partial charge is 0.367 e. The molecule has 31 heavy (non-hydrogen) atoms. The van der Waals surface area contributed by atoms with Crippen LogP contribution in [0.3, 0.4) is 0 Å². The van der Waals surface area contributed by atoms with Gasteiger partial charge in [-0.05, 0) is 35.2 Å². The minimum absolute atomic E-state index is 0.208. The molecule has 4 aromatic rings. The lowest BCUT2D eigenvalue weighted by atomic mass is 9.94. The Balaban J connectivity index is 1.72.